The SMILES string of the molecule is Cc1ccc(F)c(NCC2(O)CCCC2)c1. The van der Waals surface area contributed by atoms with Gasteiger partial charge in [-0.2, -0.15) is 0 Å². The molecule has 1 aliphatic carbocycles. The van der Waals surface area contributed by atoms with Gasteiger partial charge in [0.2, 0.25) is 0 Å². The third kappa shape index (κ3) is 2.53. The Hall–Kier alpha value is -1.09. The van der Waals surface area contributed by atoms with Gasteiger partial charge in [-0.1, -0.05) is 18.9 Å². The molecule has 0 atom stereocenters. The van der Waals surface area contributed by atoms with E-state index in [1.54, 1.807) is 12.1 Å². The first-order chi connectivity index (χ1) is 7.59. The molecular weight excluding hydrogens is 205 g/mol. The van der Waals surface area contributed by atoms with E-state index in [1.807, 2.05) is 6.92 Å². The summed E-state index contributed by atoms with van der Waals surface area (Å²) in [4.78, 5) is 0. The molecule has 2 rings (SSSR count). The number of hydrogen-bond donors (Lipinski definition) is 2. The lowest BCUT2D eigenvalue weighted by atomic mass is 10.0. The number of benzene rings is 1. The van der Waals surface area contributed by atoms with Crippen molar-refractivity contribution in [3.63, 3.8) is 0 Å². The molecule has 1 fully saturated rings. The zero-order chi connectivity index (χ0) is 11.6. The molecule has 1 saturated carbocycles. The van der Waals surface area contributed by atoms with E-state index in [-0.39, 0.29) is 5.82 Å². The summed E-state index contributed by atoms with van der Waals surface area (Å²) in [6.45, 7) is 2.36. The summed E-state index contributed by atoms with van der Waals surface area (Å²) in [5.41, 5.74) is 0.860. The molecule has 0 spiro atoms. The van der Waals surface area contributed by atoms with Crippen LogP contribution < -0.4 is 5.32 Å². The lowest BCUT2D eigenvalue weighted by molar-refractivity contribution is 0.0614. The maximum absolute atomic E-state index is 13.4. The molecule has 0 radical (unpaired) electrons. The van der Waals surface area contributed by atoms with Crippen molar-refractivity contribution in [2.45, 2.75) is 38.2 Å². The van der Waals surface area contributed by atoms with E-state index in [9.17, 15) is 9.50 Å². The molecule has 0 aliphatic heterocycles. The minimum Gasteiger partial charge on any atom is -0.388 e. The van der Waals surface area contributed by atoms with Gasteiger partial charge in [0.1, 0.15) is 5.82 Å². The molecule has 3 heteroatoms. The molecule has 0 aromatic heterocycles. The standard InChI is InChI=1S/C13H18FNO/c1-10-4-5-11(14)12(8-10)15-9-13(16)6-2-3-7-13/h4-5,8,15-16H,2-3,6-7,9H2,1H3. The van der Waals surface area contributed by atoms with Gasteiger partial charge in [-0.05, 0) is 37.5 Å². The van der Waals surface area contributed by atoms with Crippen LogP contribution in [0.1, 0.15) is 31.2 Å². The Labute approximate surface area is 95.5 Å². The van der Waals surface area contributed by atoms with Gasteiger partial charge < -0.3 is 10.4 Å². The molecule has 2 nitrogen and oxygen atoms in total. The van der Waals surface area contributed by atoms with Crippen LogP contribution in [0, 0.1) is 12.7 Å². The Morgan fingerprint density at radius 3 is 2.75 bits per heavy atom. The van der Waals surface area contributed by atoms with Crippen molar-refractivity contribution >= 4 is 5.69 Å². The zero-order valence-electron chi connectivity index (χ0n) is 9.59. The van der Waals surface area contributed by atoms with Crippen molar-refractivity contribution in [2.75, 3.05) is 11.9 Å². The fourth-order valence-corrected chi connectivity index (χ4v) is 2.24. The summed E-state index contributed by atoms with van der Waals surface area (Å²) in [7, 11) is 0. The largest absolute Gasteiger partial charge is 0.388 e. The van der Waals surface area contributed by atoms with Crippen LogP contribution in [-0.4, -0.2) is 17.3 Å². The van der Waals surface area contributed by atoms with Crippen LogP contribution >= 0.6 is 0 Å². The van der Waals surface area contributed by atoms with Crippen molar-refractivity contribution in [3.8, 4) is 0 Å². The third-order valence-electron chi connectivity index (χ3n) is 3.26. The Kier molecular flexibility index (Phi) is 3.15. The molecule has 2 N–H and O–H groups in total. The second-order valence-corrected chi connectivity index (χ2v) is 4.77. The minimum atomic E-state index is -0.643. The normalized spacial score (nSPS) is 18.7. The van der Waals surface area contributed by atoms with E-state index >= 15 is 0 Å². The lowest BCUT2D eigenvalue weighted by Crippen LogP contribution is -2.33. The van der Waals surface area contributed by atoms with Crippen molar-refractivity contribution in [3.05, 3.63) is 29.6 Å². The van der Waals surface area contributed by atoms with Crippen LogP contribution in [0.3, 0.4) is 0 Å². The lowest BCUT2D eigenvalue weighted by Gasteiger charge is -2.23. The number of nitrogens with one attached hydrogen (secondary N) is 1. The minimum absolute atomic E-state index is 0.257. The predicted molar refractivity (Wildman–Crippen MR) is 63.0 cm³/mol. The number of aliphatic hydroxyl groups is 1. The van der Waals surface area contributed by atoms with E-state index in [0.29, 0.717) is 12.2 Å². The third-order valence-corrected chi connectivity index (χ3v) is 3.26. The predicted octanol–water partition coefficient (Wildman–Crippen LogP) is 2.85. The number of hydrogen-bond acceptors (Lipinski definition) is 2. The summed E-state index contributed by atoms with van der Waals surface area (Å²) in [6.07, 6.45) is 3.75. The van der Waals surface area contributed by atoms with Gasteiger partial charge >= 0.3 is 0 Å². The molecule has 1 aliphatic rings. The van der Waals surface area contributed by atoms with Crippen LogP contribution in [0.2, 0.25) is 0 Å². The van der Waals surface area contributed by atoms with Crippen molar-refractivity contribution in [1.82, 2.24) is 0 Å². The Bertz CT molecular complexity index is 372. The van der Waals surface area contributed by atoms with E-state index in [1.165, 1.54) is 6.07 Å². The first kappa shape index (κ1) is 11.4. The highest BCUT2D eigenvalue weighted by Crippen LogP contribution is 2.30. The van der Waals surface area contributed by atoms with Crippen LogP contribution in [0.4, 0.5) is 10.1 Å². The molecule has 0 unspecified atom stereocenters. The average Bonchev–Trinajstić information content (AvgIpc) is 2.67. The molecule has 0 bridgehead atoms. The summed E-state index contributed by atoms with van der Waals surface area (Å²) in [5.74, 6) is -0.257. The number of anilines is 1. The monoisotopic (exact) mass is 223 g/mol. The highest BCUT2D eigenvalue weighted by molar-refractivity contribution is 5.47. The first-order valence-electron chi connectivity index (χ1n) is 5.81. The van der Waals surface area contributed by atoms with E-state index < -0.39 is 5.60 Å². The molecule has 88 valence electrons. The van der Waals surface area contributed by atoms with Gasteiger partial charge in [0.15, 0.2) is 0 Å². The number of rotatable bonds is 3. The molecular formula is C13H18FNO. The van der Waals surface area contributed by atoms with Crippen LogP contribution in [-0.2, 0) is 0 Å². The molecule has 16 heavy (non-hydrogen) atoms. The highest BCUT2D eigenvalue weighted by Gasteiger charge is 2.30. The fraction of sp³-hybridized carbons (Fsp3) is 0.538. The highest BCUT2D eigenvalue weighted by atomic mass is 19.1. The van der Waals surface area contributed by atoms with Crippen molar-refractivity contribution in [2.24, 2.45) is 0 Å². The number of halogens is 1. The summed E-state index contributed by atoms with van der Waals surface area (Å²) in [6, 6.07) is 4.97. The van der Waals surface area contributed by atoms with E-state index in [2.05, 4.69) is 5.32 Å². The molecule has 1 aromatic carbocycles. The topological polar surface area (TPSA) is 32.3 Å². The van der Waals surface area contributed by atoms with Gasteiger partial charge in [0.05, 0.1) is 11.3 Å². The van der Waals surface area contributed by atoms with Crippen LogP contribution in [0.25, 0.3) is 0 Å². The summed E-state index contributed by atoms with van der Waals surface area (Å²) in [5, 5.41) is 13.1. The van der Waals surface area contributed by atoms with Gasteiger partial charge in [-0.15, -0.1) is 0 Å². The molecule has 0 heterocycles. The summed E-state index contributed by atoms with van der Waals surface area (Å²) < 4.78 is 13.4. The maximum atomic E-state index is 13.4. The molecule has 0 amide bonds. The molecule has 0 saturated heterocycles. The van der Waals surface area contributed by atoms with Gasteiger partial charge in [0.25, 0.3) is 0 Å². The second kappa shape index (κ2) is 4.42. The summed E-state index contributed by atoms with van der Waals surface area (Å²) >= 11 is 0. The quantitative estimate of drug-likeness (QED) is 0.825. The number of aryl methyl sites for hydroxylation is 1. The smallest absolute Gasteiger partial charge is 0.146 e. The Morgan fingerprint density at radius 1 is 1.38 bits per heavy atom. The first-order valence-corrected chi connectivity index (χ1v) is 5.81. The van der Waals surface area contributed by atoms with E-state index in [0.717, 1.165) is 31.2 Å². The maximum Gasteiger partial charge on any atom is 0.146 e. The van der Waals surface area contributed by atoms with Gasteiger partial charge in [-0.3, -0.25) is 0 Å². The zero-order valence-corrected chi connectivity index (χ0v) is 9.59. The Morgan fingerprint density at radius 2 is 2.06 bits per heavy atom. The van der Waals surface area contributed by atoms with Gasteiger partial charge in [0, 0.05) is 6.54 Å². The van der Waals surface area contributed by atoms with Crippen molar-refractivity contribution < 1.29 is 9.50 Å². The van der Waals surface area contributed by atoms with E-state index in [4.69, 9.17) is 0 Å². The average molecular weight is 223 g/mol. The van der Waals surface area contributed by atoms with Gasteiger partial charge in [-0.25, -0.2) is 4.39 Å². The molecule has 1 aromatic rings. The van der Waals surface area contributed by atoms with Crippen molar-refractivity contribution in [1.29, 1.82) is 0 Å². The fourth-order valence-electron chi connectivity index (χ4n) is 2.24. The van der Waals surface area contributed by atoms with Crippen LogP contribution in [0.5, 0.6) is 0 Å². The van der Waals surface area contributed by atoms with Crippen LogP contribution in [0.15, 0.2) is 18.2 Å². The Balaban J connectivity index is 2.01. The second-order valence-electron chi connectivity index (χ2n) is 4.77.